The molecule has 0 saturated heterocycles. The number of carbonyl (C=O) groups excluding carboxylic acids is 1. The summed E-state index contributed by atoms with van der Waals surface area (Å²) in [5, 5.41) is 2.80. The van der Waals surface area contributed by atoms with Crippen molar-refractivity contribution in [3.63, 3.8) is 0 Å². The van der Waals surface area contributed by atoms with Gasteiger partial charge in [-0.1, -0.05) is 5.16 Å². The van der Waals surface area contributed by atoms with E-state index in [0.717, 1.165) is 0 Å². The minimum absolute atomic E-state index is 0.194. The van der Waals surface area contributed by atoms with Crippen LogP contribution in [0.2, 0.25) is 0 Å². The predicted octanol–water partition coefficient (Wildman–Crippen LogP) is 1.01. The third-order valence-corrected chi connectivity index (χ3v) is 0.856. The van der Waals surface area contributed by atoms with E-state index in [2.05, 4.69) is 22.3 Å². The molecule has 1 aromatic heterocycles. The molecule has 4 heteroatoms. The van der Waals surface area contributed by atoms with Crippen LogP contribution >= 0.6 is 12.6 Å². The van der Waals surface area contributed by atoms with Crippen molar-refractivity contribution >= 4 is 17.7 Å². The standard InChI is InChI=1S/C4H2NO2S/c6-4(8)3-1-2-7-5-3/h1-2H. The Kier molecular flexibility index (Phi) is 1.26. The van der Waals surface area contributed by atoms with Gasteiger partial charge in [0.2, 0.25) is 0 Å². The molecule has 0 unspecified atom stereocenters. The van der Waals surface area contributed by atoms with E-state index in [-0.39, 0.29) is 5.69 Å². The second-order valence-corrected chi connectivity index (χ2v) is 1.54. The molecule has 0 saturated carbocycles. The zero-order valence-electron chi connectivity index (χ0n) is 3.83. The fraction of sp³-hybridized carbons (Fsp3) is 0. The Bertz CT molecular complexity index is 182. The Morgan fingerprint density at radius 3 is 2.88 bits per heavy atom. The average molecular weight is 128 g/mol. The average Bonchev–Trinajstić information content (AvgIpc) is 2.12. The van der Waals surface area contributed by atoms with Crippen molar-refractivity contribution in [2.24, 2.45) is 0 Å². The lowest BCUT2D eigenvalue weighted by atomic mass is 10.5. The summed E-state index contributed by atoms with van der Waals surface area (Å²) in [5.74, 6) is 0. The molecule has 0 aromatic carbocycles. The SMILES string of the molecule is O=C([S])c1ccon1. The number of aromatic nitrogens is 1. The third-order valence-electron chi connectivity index (χ3n) is 0.647. The third kappa shape index (κ3) is 0.840. The van der Waals surface area contributed by atoms with E-state index in [1.54, 1.807) is 0 Å². The van der Waals surface area contributed by atoms with E-state index >= 15 is 0 Å². The monoisotopic (exact) mass is 128 g/mol. The van der Waals surface area contributed by atoms with Gasteiger partial charge in [0.05, 0.1) is 0 Å². The van der Waals surface area contributed by atoms with Crippen LogP contribution in [0.25, 0.3) is 0 Å². The molecule has 0 fully saturated rings. The van der Waals surface area contributed by atoms with Crippen molar-refractivity contribution in [1.29, 1.82) is 0 Å². The van der Waals surface area contributed by atoms with Gasteiger partial charge in [-0.15, -0.1) is 0 Å². The van der Waals surface area contributed by atoms with Gasteiger partial charge in [0, 0.05) is 6.07 Å². The Hall–Kier alpha value is -0.900. The normalized spacial score (nSPS) is 9.00. The van der Waals surface area contributed by atoms with Crippen LogP contribution < -0.4 is 0 Å². The van der Waals surface area contributed by atoms with Crippen LogP contribution in [-0.4, -0.2) is 10.3 Å². The second kappa shape index (κ2) is 1.92. The number of hydrogen-bond acceptors (Lipinski definition) is 3. The highest BCUT2D eigenvalue weighted by Gasteiger charge is 2.01. The van der Waals surface area contributed by atoms with E-state index in [0.29, 0.717) is 0 Å². The topological polar surface area (TPSA) is 43.1 Å². The summed E-state index contributed by atoms with van der Waals surface area (Å²) in [5.41, 5.74) is 0.194. The summed E-state index contributed by atoms with van der Waals surface area (Å²) in [6.07, 6.45) is 1.31. The Labute approximate surface area is 51.1 Å². The van der Waals surface area contributed by atoms with Gasteiger partial charge < -0.3 is 4.52 Å². The van der Waals surface area contributed by atoms with Crippen LogP contribution in [0.1, 0.15) is 10.5 Å². The van der Waals surface area contributed by atoms with E-state index in [9.17, 15) is 4.79 Å². The van der Waals surface area contributed by atoms with Gasteiger partial charge in [0.1, 0.15) is 6.26 Å². The van der Waals surface area contributed by atoms with E-state index in [1.807, 2.05) is 0 Å². The molecule has 0 atom stereocenters. The summed E-state index contributed by atoms with van der Waals surface area (Å²) >= 11 is 4.24. The van der Waals surface area contributed by atoms with Crippen LogP contribution in [-0.2, 0) is 0 Å². The van der Waals surface area contributed by atoms with E-state index < -0.39 is 5.12 Å². The van der Waals surface area contributed by atoms with Gasteiger partial charge in [0.25, 0.3) is 5.12 Å². The van der Waals surface area contributed by atoms with E-state index in [4.69, 9.17) is 0 Å². The van der Waals surface area contributed by atoms with Crippen molar-refractivity contribution < 1.29 is 9.32 Å². The fourth-order valence-electron chi connectivity index (χ4n) is 0.318. The van der Waals surface area contributed by atoms with Crippen molar-refractivity contribution in [2.75, 3.05) is 0 Å². The van der Waals surface area contributed by atoms with Gasteiger partial charge in [-0.25, -0.2) is 0 Å². The van der Waals surface area contributed by atoms with Crippen LogP contribution in [0.4, 0.5) is 0 Å². The van der Waals surface area contributed by atoms with Crippen LogP contribution in [0.3, 0.4) is 0 Å². The molecule has 1 rings (SSSR count). The molecule has 0 aliphatic heterocycles. The highest BCUT2D eigenvalue weighted by Crippen LogP contribution is 1.97. The molecule has 1 heterocycles. The van der Waals surface area contributed by atoms with Gasteiger partial charge in [-0.05, 0) is 12.6 Å². The maximum Gasteiger partial charge on any atom is 0.271 e. The minimum atomic E-state index is -0.487. The zero-order valence-corrected chi connectivity index (χ0v) is 4.64. The molecule has 0 bridgehead atoms. The second-order valence-electron chi connectivity index (χ2n) is 1.17. The Morgan fingerprint density at radius 2 is 2.62 bits per heavy atom. The molecule has 1 radical (unpaired) electrons. The van der Waals surface area contributed by atoms with Crippen molar-refractivity contribution in [3.8, 4) is 0 Å². The molecular formula is C4H2NO2S. The van der Waals surface area contributed by atoms with Crippen LogP contribution in [0.5, 0.6) is 0 Å². The van der Waals surface area contributed by atoms with Gasteiger partial charge in [0.15, 0.2) is 5.69 Å². The first kappa shape index (κ1) is 5.24. The van der Waals surface area contributed by atoms with Crippen LogP contribution in [0, 0.1) is 0 Å². The lowest BCUT2D eigenvalue weighted by Gasteiger charge is -1.73. The molecule has 0 aliphatic rings. The largest absolute Gasteiger partial charge is 0.364 e. The molecule has 0 spiro atoms. The molecule has 3 nitrogen and oxygen atoms in total. The summed E-state index contributed by atoms with van der Waals surface area (Å²) in [4.78, 5) is 10.2. The van der Waals surface area contributed by atoms with Crippen molar-refractivity contribution in [1.82, 2.24) is 5.16 Å². The first-order valence-electron chi connectivity index (χ1n) is 1.92. The van der Waals surface area contributed by atoms with Gasteiger partial charge in [-0.3, -0.25) is 4.79 Å². The first-order chi connectivity index (χ1) is 3.80. The number of nitrogens with zero attached hydrogens (tertiary/aromatic N) is 1. The molecule has 1 aromatic rings. The summed E-state index contributed by atoms with van der Waals surface area (Å²) < 4.78 is 4.34. The van der Waals surface area contributed by atoms with Crippen LogP contribution in [0.15, 0.2) is 16.9 Å². The quantitative estimate of drug-likeness (QED) is 0.567. The highest BCUT2D eigenvalue weighted by molar-refractivity contribution is 7.97. The fourth-order valence-corrected chi connectivity index (χ4v) is 0.423. The summed E-state index contributed by atoms with van der Waals surface area (Å²) in [6, 6.07) is 1.43. The smallest absolute Gasteiger partial charge is 0.271 e. The van der Waals surface area contributed by atoms with Gasteiger partial charge in [-0.2, -0.15) is 0 Å². The van der Waals surface area contributed by atoms with Gasteiger partial charge >= 0.3 is 0 Å². The summed E-state index contributed by atoms with van der Waals surface area (Å²) in [6.45, 7) is 0. The molecule has 0 N–H and O–H groups in total. The Morgan fingerprint density at radius 1 is 1.88 bits per heavy atom. The zero-order chi connectivity index (χ0) is 5.98. The molecule has 0 amide bonds. The maximum absolute atomic E-state index is 10.2. The van der Waals surface area contributed by atoms with Crippen molar-refractivity contribution in [3.05, 3.63) is 18.0 Å². The van der Waals surface area contributed by atoms with Crippen molar-refractivity contribution in [2.45, 2.75) is 0 Å². The lowest BCUT2D eigenvalue weighted by Crippen LogP contribution is -1.85. The van der Waals surface area contributed by atoms with E-state index in [1.165, 1.54) is 12.3 Å². The molecular weight excluding hydrogens is 126 g/mol. The number of carbonyl (C=O) groups is 1. The first-order valence-corrected chi connectivity index (χ1v) is 2.33. The highest BCUT2D eigenvalue weighted by atomic mass is 32.1. The molecule has 41 valence electrons. The lowest BCUT2D eigenvalue weighted by molar-refractivity contribution is 0.108. The predicted molar refractivity (Wildman–Crippen MR) is 28.4 cm³/mol. The Balaban J connectivity index is 2.93. The number of rotatable bonds is 1. The maximum atomic E-state index is 10.2. The number of hydrogen-bond donors (Lipinski definition) is 0. The molecule has 0 aliphatic carbocycles. The molecule has 8 heavy (non-hydrogen) atoms. The minimum Gasteiger partial charge on any atom is -0.364 e. The summed E-state index contributed by atoms with van der Waals surface area (Å²) in [7, 11) is 0.